The molecule has 1 saturated carbocycles. The molecule has 0 saturated heterocycles. The minimum absolute atomic E-state index is 0.699. The molecule has 2 rings (SSSR count). The number of aryl methyl sites for hydroxylation is 2. The van der Waals surface area contributed by atoms with Gasteiger partial charge in [-0.05, 0) is 45.6 Å². The van der Waals surface area contributed by atoms with E-state index in [1.165, 1.54) is 42.8 Å². The minimum atomic E-state index is 0.699. The number of nitrogens with zero attached hydrogens (tertiary/aromatic N) is 1. The van der Waals surface area contributed by atoms with Crippen LogP contribution in [0, 0.1) is 12.8 Å². The lowest BCUT2D eigenvalue weighted by atomic mass is 9.94. The molecule has 0 aromatic carbocycles. The lowest BCUT2D eigenvalue weighted by Crippen LogP contribution is -2.32. The maximum atomic E-state index is 4.53. The van der Waals surface area contributed by atoms with Crippen LogP contribution in [-0.4, -0.2) is 18.1 Å². The summed E-state index contributed by atoms with van der Waals surface area (Å²) in [5.74, 6) is 0.907. The van der Waals surface area contributed by atoms with Crippen LogP contribution in [0.15, 0.2) is 5.38 Å². The van der Waals surface area contributed by atoms with Crippen molar-refractivity contribution >= 4 is 11.3 Å². The van der Waals surface area contributed by atoms with Gasteiger partial charge >= 0.3 is 0 Å². The molecule has 16 heavy (non-hydrogen) atoms. The van der Waals surface area contributed by atoms with Gasteiger partial charge in [0, 0.05) is 11.4 Å². The number of nitrogens with one attached hydrogen (secondary N) is 1. The second-order valence-corrected chi connectivity index (χ2v) is 5.90. The molecule has 1 N–H and O–H groups in total. The summed E-state index contributed by atoms with van der Waals surface area (Å²) in [6.07, 6.45) is 8.07. The predicted octanol–water partition coefficient (Wildman–Crippen LogP) is 3.16. The fourth-order valence-electron chi connectivity index (χ4n) is 2.80. The van der Waals surface area contributed by atoms with Gasteiger partial charge in [0.1, 0.15) is 0 Å². The van der Waals surface area contributed by atoms with E-state index in [1.54, 1.807) is 11.3 Å². The summed E-state index contributed by atoms with van der Waals surface area (Å²) < 4.78 is 0. The lowest BCUT2D eigenvalue weighted by molar-refractivity contribution is 0.359. The van der Waals surface area contributed by atoms with Gasteiger partial charge in [0.05, 0.1) is 10.7 Å². The topological polar surface area (TPSA) is 24.9 Å². The van der Waals surface area contributed by atoms with Crippen LogP contribution in [-0.2, 0) is 6.42 Å². The van der Waals surface area contributed by atoms with E-state index in [-0.39, 0.29) is 0 Å². The Morgan fingerprint density at radius 3 is 2.81 bits per heavy atom. The molecular weight excluding hydrogens is 216 g/mol. The zero-order valence-corrected chi connectivity index (χ0v) is 11.1. The second-order valence-electron chi connectivity index (χ2n) is 4.84. The molecule has 1 atom stereocenters. The summed E-state index contributed by atoms with van der Waals surface area (Å²) in [4.78, 5) is 4.53. The third kappa shape index (κ3) is 3.05. The Bertz CT molecular complexity index is 315. The van der Waals surface area contributed by atoms with Gasteiger partial charge < -0.3 is 5.32 Å². The highest BCUT2D eigenvalue weighted by Gasteiger charge is 2.23. The molecule has 1 fully saturated rings. The first-order valence-electron chi connectivity index (χ1n) is 6.38. The summed E-state index contributed by atoms with van der Waals surface area (Å²) in [7, 11) is 2.11. The molecule has 1 aliphatic carbocycles. The monoisotopic (exact) mass is 238 g/mol. The highest BCUT2D eigenvalue weighted by Crippen LogP contribution is 2.29. The number of hydrogen-bond donors (Lipinski definition) is 1. The highest BCUT2D eigenvalue weighted by atomic mass is 32.1. The standard InChI is InChI=1S/C13H22N2S/c1-10-15-12(9-16-10)7-8-13(14-2)11-5-3-4-6-11/h9,11,13-14H,3-8H2,1-2H3. The van der Waals surface area contributed by atoms with Gasteiger partial charge in [0.15, 0.2) is 0 Å². The Balaban J connectivity index is 1.82. The van der Waals surface area contributed by atoms with Crippen LogP contribution in [0.2, 0.25) is 0 Å². The van der Waals surface area contributed by atoms with Crippen LogP contribution in [0.4, 0.5) is 0 Å². The van der Waals surface area contributed by atoms with E-state index in [2.05, 4.69) is 29.7 Å². The van der Waals surface area contributed by atoms with Crippen LogP contribution in [0.5, 0.6) is 0 Å². The van der Waals surface area contributed by atoms with Gasteiger partial charge in [-0.1, -0.05) is 12.8 Å². The van der Waals surface area contributed by atoms with E-state index in [9.17, 15) is 0 Å². The van der Waals surface area contributed by atoms with Crippen molar-refractivity contribution in [3.05, 3.63) is 16.1 Å². The third-order valence-electron chi connectivity index (χ3n) is 3.72. The van der Waals surface area contributed by atoms with Gasteiger partial charge in [-0.3, -0.25) is 0 Å². The maximum Gasteiger partial charge on any atom is 0.0897 e. The third-order valence-corrected chi connectivity index (χ3v) is 4.54. The lowest BCUT2D eigenvalue weighted by Gasteiger charge is -2.22. The zero-order valence-electron chi connectivity index (χ0n) is 10.3. The quantitative estimate of drug-likeness (QED) is 0.852. The first-order chi connectivity index (χ1) is 7.79. The molecule has 0 bridgehead atoms. The van der Waals surface area contributed by atoms with Crippen LogP contribution >= 0.6 is 11.3 Å². The molecule has 3 heteroatoms. The molecule has 1 unspecified atom stereocenters. The molecule has 0 radical (unpaired) electrons. The minimum Gasteiger partial charge on any atom is -0.317 e. The van der Waals surface area contributed by atoms with E-state index in [0.717, 1.165) is 12.3 Å². The maximum absolute atomic E-state index is 4.53. The van der Waals surface area contributed by atoms with E-state index in [0.29, 0.717) is 6.04 Å². The normalized spacial score (nSPS) is 19.1. The summed E-state index contributed by atoms with van der Waals surface area (Å²) in [5, 5.41) is 6.89. The fraction of sp³-hybridized carbons (Fsp3) is 0.769. The van der Waals surface area contributed by atoms with E-state index >= 15 is 0 Å². The Labute approximate surface area is 102 Å². The van der Waals surface area contributed by atoms with Crippen molar-refractivity contribution in [3.63, 3.8) is 0 Å². The van der Waals surface area contributed by atoms with Crippen LogP contribution < -0.4 is 5.32 Å². The molecule has 1 aromatic rings. The summed E-state index contributed by atoms with van der Waals surface area (Å²) >= 11 is 1.76. The number of rotatable bonds is 5. The first kappa shape index (κ1) is 12.1. The fourth-order valence-corrected chi connectivity index (χ4v) is 3.45. The second kappa shape index (κ2) is 5.78. The molecule has 0 amide bonds. The SMILES string of the molecule is CNC(CCc1csc(C)n1)C1CCCC1. The highest BCUT2D eigenvalue weighted by molar-refractivity contribution is 7.09. The molecule has 1 aromatic heterocycles. The van der Waals surface area contributed by atoms with Gasteiger partial charge in [-0.25, -0.2) is 4.98 Å². The predicted molar refractivity (Wildman–Crippen MR) is 70.0 cm³/mol. The average Bonchev–Trinajstić information content (AvgIpc) is 2.91. The Morgan fingerprint density at radius 2 is 2.25 bits per heavy atom. The van der Waals surface area contributed by atoms with Crippen LogP contribution in [0.25, 0.3) is 0 Å². The number of hydrogen-bond acceptors (Lipinski definition) is 3. The van der Waals surface area contributed by atoms with Crippen molar-refractivity contribution in [3.8, 4) is 0 Å². The molecule has 1 heterocycles. The summed E-state index contributed by atoms with van der Waals surface area (Å²) in [5.41, 5.74) is 1.28. The van der Waals surface area contributed by atoms with Gasteiger partial charge in [0.25, 0.3) is 0 Å². The Hall–Kier alpha value is -0.410. The molecule has 1 aliphatic rings. The van der Waals surface area contributed by atoms with Crippen molar-refractivity contribution in [2.75, 3.05) is 7.05 Å². The summed E-state index contributed by atoms with van der Waals surface area (Å²) in [6, 6.07) is 0.699. The van der Waals surface area contributed by atoms with Crippen LogP contribution in [0.1, 0.15) is 42.8 Å². The molecular formula is C13H22N2S. The van der Waals surface area contributed by atoms with Gasteiger partial charge in [-0.15, -0.1) is 11.3 Å². The molecule has 0 spiro atoms. The van der Waals surface area contributed by atoms with Crippen molar-refractivity contribution < 1.29 is 0 Å². The van der Waals surface area contributed by atoms with E-state index < -0.39 is 0 Å². The molecule has 0 aliphatic heterocycles. The summed E-state index contributed by atoms with van der Waals surface area (Å²) in [6.45, 7) is 2.08. The van der Waals surface area contributed by atoms with Crippen molar-refractivity contribution in [2.24, 2.45) is 5.92 Å². The van der Waals surface area contributed by atoms with Gasteiger partial charge in [-0.2, -0.15) is 0 Å². The van der Waals surface area contributed by atoms with Gasteiger partial charge in [0.2, 0.25) is 0 Å². The smallest absolute Gasteiger partial charge is 0.0897 e. The largest absolute Gasteiger partial charge is 0.317 e. The molecule has 2 nitrogen and oxygen atoms in total. The van der Waals surface area contributed by atoms with Crippen molar-refractivity contribution in [2.45, 2.75) is 51.5 Å². The Kier molecular flexibility index (Phi) is 4.36. The molecule has 90 valence electrons. The average molecular weight is 238 g/mol. The van der Waals surface area contributed by atoms with E-state index in [4.69, 9.17) is 0 Å². The Morgan fingerprint density at radius 1 is 1.50 bits per heavy atom. The van der Waals surface area contributed by atoms with E-state index in [1.807, 2.05) is 0 Å². The van der Waals surface area contributed by atoms with Crippen molar-refractivity contribution in [1.82, 2.24) is 10.3 Å². The number of aromatic nitrogens is 1. The number of thiazole rings is 1. The van der Waals surface area contributed by atoms with Crippen LogP contribution in [0.3, 0.4) is 0 Å². The first-order valence-corrected chi connectivity index (χ1v) is 7.26. The van der Waals surface area contributed by atoms with Crippen molar-refractivity contribution in [1.29, 1.82) is 0 Å². The zero-order chi connectivity index (χ0) is 11.4.